The van der Waals surface area contributed by atoms with Crippen LogP contribution in [0.15, 0.2) is 23.3 Å². The smallest absolute Gasteiger partial charge is 0.306 e. The highest BCUT2D eigenvalue weighted by atomic mass is 16.6. The average Bonchev–Trinajstić information content (AvgIpc) is 3.03. The van der Waals surface area contributed by atoms with Crippen molar-refractivity contribution in [3.8, 4) is 0 Å². The molecule has 1 unspecified atom stereocenters. The van der Waals surface area contributed by atoms with E-state index in [-0.39, 0.29) is 28.7 Å². The van der Waals surface area contributed by atoms with Crippen molar-refractivity contribution in [3.05, 3.63) is 23.3 Å². The number of rotatable bonds is 6. The summed E-state index contributed by atoms with van der Waals surface area (Å²) in [5.74, 6) is 1.08. The maximum Gasteiger partial charge on any atom is 0.306 e. The number of aliphatic hydroxyl groups excluding tert-OH is 1. The Morgan fingerprint density at radius 2 is 1.78 bits per heavy atom. The van der Waals surface area contributed by atoms with Crippen LogP contribution in [0.4, 0.5) is 0 Å². The fraction of sp³-hybridized carbons (Fsp3) is 0.786. The molecule has 0 aromatic carbocycles. The molecule has 0 amide bonds. The number of esters is 1. The minimum Gasteiger partial charge on any atom is -0.450 e. The highest BCUT2D eigenvalue weighted by molar-refractivity contribution is 5.89. The lowest BCUT2D eigenvalue weighted by Gasteiger charge is -2.58. The van der Waals surface area contributed by atoms with Crippen LogP contribution < -0.4 is 0 Å². The molecular formula is C28H42O4. The number of carbonyl (C=O) groups excluding carboxylic acids is 2. The maximum atomic E-state index is 13.1. The van der Waals surface area contributed by atoms with Crippen LogP contribution in [0, 0.1) is 28.6 Å². The van der Waals surface area contributed by atoms with Crippen molar-refractivity contribution >= 4 is 11.8 Å². The zero-order valence-electron chi connectivity index (χ0n) is 20.7. The number of carbonyl (C=O) groups is 2. The highest BCUT2D eigenvalue weighted by Crippen LogP contribution is 2.68. The van der Waals surface area contributed by atoms with Crippen LogP contribution in [-0.4, -0.2) is 28.6 Å². The lowest BCUT2D eigenvalue weighted by atomic mass is 9.47. The summed E-state index contributed by atoms with van der Waals surface area (Å²) in [7, 11) is 0. The number of Topliss-reactive ketones (excluding diaryl/α,β-unsaturated/α-hetero) is 1. The summed E-state index contributed by atoms with van der Waals surface area (Å²) in [6.45, 7) is 10.6. The molecule has 0 aromatic rings. The van der Waals surface area contributed by atoms with Crippen LogP contribution in [0.1, 0.15) is 98.8 Å². The fourth-order valence-electron chi connectivity index (χ4n) is 8.15. The third-order valence-corrected chi connectivity index (χ3v) is 9.91. The van der Waals surface area contributed by atoms with Crippen LogP contribution in [-0.2, 0) is 14.3 Å². The second-order valence-electron chi connectivity index (χ2n) is 11.6. The Morgan fingerprint density at radius 1 is 1.06 bits per heavy atom. The molecule has 0 bridgehead atoms. The van der Waals surface area contributed by atoms with Gasteiger partial charge in [-0.1, -0.05) is 51.3 Å². The molecule has 4 heteroatoms. The average molecular weight is 443 g/mol. The Bertz CT molecular complexity index is 840. The van der Waals surface area contributed by atoms with Gasteiger partial charge in [-0.15, -0.1) is 0 Å². The Balaban J connectivity index is 1.66. The summed E-state index contributed by atoms with van der Waals surface area (Å²) in [6, 6.07) is 0. The molecule has 32 heavy (non-hydrogen) atoms. The highest BCUT2D eigenvalue weighted by Gasteiger charge is 2.67. The second kappa shape index (κ2) is 8.42. The predicted octanol–water partition coefficient (Wildman–Crippen LogP) is 5.93. The van der Waals surface area contributed by atoms with Gasteiger partial charge in [-0.3, -0.25) is 9.59 Å². The van der Waals surface area contributed by atoms with Crippen molar-refractivity contribution in [2.75, 3.05) is 0 Å². The summed E-state index contributed by atoms with van der Waals surface area (Å²) in [6.07, 6.45) is 12.9. The first-order valence-corrected chi connectivity index (χ1v) is 12.9. The van der Waals surface area contributed by atoms with Gasteiger partial charge in [0.05, 0.1) is 6.10 Å². The number of aliphatic hydroxyl groups is 1. The van der Waals surface area contributed by atoms with Crippen LogP contribution in [0.2, 0.25) is 0 Å². The molecule has 4 nitrogen and oxygen atoms in total. The second-order valence-corrected chi connectivity index (χ2v) is 11.6. The molecule has 1 N–H and O–H groups in total. The van der Waals surface area contributed by atoms with Crippen molar-refractivity contribution < 1.29 is 19.4 Å². The van der Waals surface area contributed by atoms with Gasteiger partial charge in [-0.05, 0) is 87.5 Å². The quantitative estimate of drug-likeness (QED) is 0.409. The van der Waals surface area contributed by atoms with Gasteiger partial charge in [0.2, 0.25) is 0 Å². The summed E-state index contributed by atoms with van der Waals surface area (Å²) in [5.41, 5.74) is 1.41. The maximum absolute atomic E-state index is 13.1. The van der Waals surface area contributed by atoms with Gasteiger partial charge in [-0.25, -0.2) is 0 Å². The van der Waals surface area contributed by atoms with Gasteiger partial charge >= 0.3 is 5.97 Å². The predicted molar refractivity (Wildman–Crippen MR) is 126 cm³/mol. The van der Waals surface area contributed by atoms with E-state index in [4.69, 9.17) is 4.74 Å². The van der Waals surface area contributed by atoms with Crippen molar-refractivity contribution in [1.29, 1.82) is 0 Å². The lowest BCUT2D eigenvalue weighted by Crippen LogP contribution is -2.58. The minimum atomic E-state index is -0.979. The van der Waals surface area contributed by atoms with Gasteiger partial charge in [0.1, 0.15) is 0 Å². The van der Waals surface area contributed by atoms with Crippen molar-refractivity contribution in [2.24, 2.45) is 28.6 Å². The van der Waals surface area contributed by atoms with Crippen LogP contribution in [0.3, 0.4) is 0 Å². The number of fused-ring (bicyclic) bond motifs is 5. The first-order chi connectivity index (χ1) is 15.1. The van der Waals surface area contributed by atoms with Gasteiger partial charge in [0, 0.05) is 11.8 Å². The third kappa shape index (κ3) is 3.43. The molecule has 0 saturated heterocycles. The van der Waals surface area contributed by atoms with E-state index >= 15 is 0 Å². The molecule has 2 saturated carbocycles. The molecule has 4 aliphatic rings. The van der Waals surface area contributed by atoms with E-state index in [2.05, 4.69) is 39.8 Å². The summed E-state index contributed by atoms with van der Waals surface area (Å²) in [5, 5.41) is 10.3. The molecular weight excluding hydrogens is 400 g/mol. The Morgan fingerprint density at radius 3 is 2.47 bits per heavy atom. The Hall–Kier alpha value is -1.42. The zero-order chi connectivity index (χ0) is 23.3. The number of allylic oxidation sites excluding steroid dienone is 3. The van der Waals surface area contributed by atoms with Gasteiger partial charge in [0.15, 0.2) is 11.4 Å². The molecule has 4 aliphatic carbocycles. The SMILES string of the molecule is CCCCCC(=O)O[C@]1(C(C)=O)CC[C@H]2[C@@H]3C=C(C)C4=CC(O)CC[C@]4(C)[C@H]3CC[C@@]21C. The lowest BCUT2D eigenvalue weighted by molar-refractivity contribution is -0.187. The molecule has 0 aliphatic heterocycles. The minimum absolute atomic E-state index is 0.0221. The summed E-state index contributed by atoms with van der Waals surface area (Å²) >= 11 is 0. The van der Waals surface area contributed by atoms with E-state index in [1.165, 1.54) is 11.1 Å². The van der Waals surface area contributed by atoms with E-state index in [0.717, 1.165) is 51.4 Å². The largest absolute Gasteiger partial charge is 0.450 e. The van der Waals surface area contributed by atoms with Gasteiger partial charge < -0.3 is 9.84 Å². The van der Waals surface area contributed by atoms with Crippen molar-refractivity contribution in [3.63, 3.8) is 0 Å². The van der Waals surface area contributed by atoms with E-state index in [1.807, 2.05) is 0 Å². The molecule has 178 valence electrons. The molecule has 7 atom stereocenters. The number of hydrogen-bond donors (Lipinski definition) is 1. The summed E-state index contributed by atoms with van der Waals surface area (Å²) < 4.78 is 6.18. The summed E-state index contributed by atoms with van der Waals surface area (Å²) in [4.78, 5) is 25.9. The fourth-order valence-corrected chi connectivity index (χ4v) is 8.15. The van der Waals surface area contributed by atoms with Crippen LogP contribution in [0.25, 0.3) is 0 Å². The monoisotopic (exact) mass is 442 g/mol. The Labute approximate surface area is 193 Å². The normalized spacial score (nSPS) is 42.8. The third-order valence-electron chi connectivity index (χ3n) is 9.91. The Kier molecular flexibility index (Phi) is 6.24. The standard InChI is InChI=1S/C28H42O4/c1-6-7-8-9-25(31)32-28(19(3)29)15-12-23-21-16-18(2)24-17-20(30)10-13-26(24,4)22(21)11-14-27(23,28)5/h16-17,20-23,30H,6-15H2,1-5H3/t20?,21-,22+,23+,26-,27+,28+/m1/s1. The van der Waals surface area contributed by atoms with E-state index < -0.39 is 5.60 Å². The zero-order valence-corrected chi connectivity index (χ0v) is 20.7. The number of hydrogen-bond acceptors (Lipinski definition) is 4. The number of ether oxygens (including phenoxy) is 1. The van der Waals surface area contributed by atoms with Gasteiger partial charge in [-0.2, -0.15) is 0 Å². The van der Waals surface area contributed by atoms with Crippen molar-refractivity contribution in [2.45, 2.75) is 111 Å². The first kappa shape index (κ1) is 23.7. The van der Waals surface area contributed by atoms with E-state index in [0.29, 0.717) is 30.6 Å². The van der Waals surface area contributed by atoms with Crippen LogP contribution in [0.5, 0.6) is 0 Å². The number of unbranched alkanes of at least 4 members (excludes halogenated alkanes) is 2. The van der Waals surface area contributed by atoms with Crippen molar-refractivity contribution in [1.82, 2.24) is 0 Å². The van der Waals surface area contributed by atoms with E-state index in [1.54, 1.807) is 6.92 Å². The molecule has 2 fully saturated rings. The molecule has 0 aromatic heterocycles. The van der Waals surface area contributed by atoms with Gasteiger partial charge in [0.25, 0.3) is 0 Å². The number of ketones is 1. The molecule has 0 radical (unpaired) electrons. The first-order valence-electron chi connectivity index (χ1n) is 12.9. The molecule has 4 rings (SSSR count). The van der Waals surface area contributed by atoms with E-state index in [9.17, 15) is 14.7 Å². The van der Waals surface area contributed by atoms with Crippen LogP contribution >= 0.6 is 0 Å². The molecule has 0 spiro atoms. The molecule has 0 heterocycles. The topological polar surface area (TPSA) is 63.6 Å².